The molecule has 0 bridgehead atoms. The van der Waals surface area contributed by atoms with E-state index in [1.165, 1.54) is 17.3 Å². The zero-order chi connectivity index (χ0) is 15.4. The first-order valence-corrected chi connectivity index (χ1v) is 7.62. The lowest BCUT2D eigenvalue weighted by molar-refractivity contribution is 0.0956. The third-order valence-corrected chi connectivity index (χ3v) is 3.91. The van der Waals surface area contributed by atoms with E-state index >= 15 is 0 Å². The number of carbonyl (C=O) groups excluding carboxylic acids is 1. The third kappa shape index (κ3) is 3.98. The van der Waals surface area contributed by atoms with Crippen molar-refractivity contribution < 1.29 is 4.79 Å². The molecule has 0 spiro atoms. The molecule has 4 nitrogen and oxygen atoms in total. The maximum absolute atomic E-state index is 11.8. The molecule has 1 aromatic heterocycles. The van der Waals surface area contributed by atoms with Crippen molar-refractivity contribution in [3.05, 3.63) is 47.2 Å². The van der Waals surface area contributed by atoms with E-state index in [2.05, 4.69) is 10.3 Å². The lowest BCUT2D eigenvalue weighted by atomic mass is 10.2. The van der Waals surface area contributed by atoms with Gasteiger partial charge in [-0.3, -0.25) is 4.79 Å². The second-order valence-corrected chi connectivity index (χ2v) is 5.90. The van der Waals surface area contributed by atoms with E-state index in [1.54, 1.807) is 12.1 Å². The number of pyridine rings is 1. The molecule has 0 fully saturated rings. The fourth-order valence-electron chi connectivity index (χ4n) is 2.01. The van der Waals surface area contributed by atoms with Gasteiger partial charge in [0.15, 0.2) is 0 Å². The molecule has 0 saturated carbocycles. The van der Waals surface area contributed by atoms with E-state index in [9.17, 15) is 4.79 Å². The van der Waals surface area contributed by atoms with Gasteiger partial charge in [-0.05, 0) is 56.7 Å². The second kappa shape index (κ2) is 6.63. The van der Waals surface area contributed by atoms with Crippen LogP contribution in [0.2, 0.25) is 0 Å². The molecule has 110 valence electrons. The Hall–Kier alpha value is -2.01. The summed E-state index contributed by atoms with van der Waals surface area (Å²) in [6.07, 6.45) is 0. The number of nitrogens with zero attached hydrogens (tertiary/aromatic N) is 1. The first-order valence-electron chi connectivity index (χ1n) is 6.80. The molecule has 21 heavy (non-hydrogen) atoms. The van der Waals surface area contributed by atoms with Gasteiger partial charge in [-0.1, -0.05) is 11.8 Å². The Labute approximate surface area is 129 Å². The predicted molar refractivity (Wildman–Crippen MR) is 86.7 cm³/mol. The van der Waals surface area contributed by atoms with Crippen LogP contribution in [0.3, 0.4) is 0 Å². The van der Waals surface area contributed by atoms with Gasteiger partial charge >= 0.3 is 0 Å². The molecule has 3 N–H and O–H groups in total. The highest BCUT2D eigenvalue weighted by Crippen LogP contribution is 2.32. The SMILES string of the molecule is CCNC(=O)c1ccc(Sc2cc(C)cc(C)n2)c(N)c1. The van der Waals surface area contributed by atoms with Crippen LogP contribution in [0.4, 0.5) is 5.69 Å². The highest BCUT2D eigenvalue weighted by molar-refractivity contribution is 7.99. The first-order chi connectivity index (χ1) is 9.99. The van der Waals surface area contributed by atoms with Gasteiger partial charge in [0.2, 0.25) is 0 Å². The van der Waals surface area contributed by atoms with Gasteiger partial charge in [0.25, 0.3) is 5.91 Å². The van der Waals surface area contributed by atoms with Crippen LogP contribution in [0.25, 0.3) is 0 Å². The number of hydrogen-bond acceptors (Lipinski definition) is 4. The van der Waals surface area contributed by atoms with E-state index in [4.69, 9.17) is 5.73 Å². The fraction of sp³-hybridized carbons (Fsp3) is 0.250. The van der Waals surface area contributed by atoms with Gasteiger partial charge < -0.3 is 11.1 Å². The molecule has 0 unspecified atom stereocenters. The van der Waals surface area contributed by atoms with Gasteiger partial charge in [-0.15, -0.1) is 0 Å². The first kappa shape index (κ1) is 15.4. The molecule has 0 atom stereocenters. The molecule has 0 aliphatic carbocycles. The molecule has 1 aromatic carbocycles. The summed E-state index contributed by atoms with van der Waals surface area (Å²) in [7, 11) is 0. The molecular weight excluding hydrogens is 282 g/mol. The lowest BCUT2D eigenvalue weighted by Gasteiger charge is -2.09. The summed E-state index contributed by atoms with van der Waals surface area (Å²) in [6.45, 7) is 6.50. The van der Waals surface area contributed by atoms with Crippen molar-refractivity contribution >= 4 is 23.4 Å². The van der Waals surface area contributed by atoms with Crippen molar-refractivity contribution in [2.24, 2.45) is 0 Å². The minimum absolute atomic E-state index is 0.106. The summed E-state index contributed by atoms with van der Waals surface area (Å²) in [5.41, 5.74) is 9.36. The number of carbonyl (C=O) groups is 1. The van der Waals surface area contributed by atoms with Gasteiger partial charge in [-0.2, -0.15) is 0 Å². The van der Waals surface area contributed by atoms with Crippen LogP contribution in [0, 0.1) is 13.8 Å². The van der Waals surface area contributed by atoms with Crippen molar-refractivity contribution in [1.82, 2.24) is 10.3 Å². The van der Waals surface area contributed by atoms with Gasteiger partial charge in [-0.25, -0.2) is 4.98 Å². The number of hydrogen-bond donors (Lipinski definition) is 2. The number of aromatic nitrogens is 1. The van der Waals surface area contributed by atoms with Crippen LogP contribution in [0.1, 0.15) is 28.5 Å². The Morgan fingerprint density at radius 1 is 1.29 bits per heavy atom. The van der Waals surface area contributed by atoms with Gasteiger partial charge in [0, 0.05) is 28.4 Å². The average Bonchev–Trinajstić information content (AvgIpc) is 2.40. The van der Waals surface area contributed by atoms with E-state index in [0.29, 0.717) is 17.8 Å². The van der Waals surface area contributed by atoms with E-state index in [-0.39, 0.29) is 5.91 Å². The van der Waals surface area contributed by atoms with Crippen molar-refractivity contribution in [3.63, 3.8) is 0 Å². The van der Waals surface area contributed by atoms with Gasteiger partial charge in [0.1, 0.15) is 5.03 Å². The normalized spacial score (nSPS) is 10.4. The van der Waals surface area contributed by atoms with E-state index in [1.807, 2.05) is 39.0 Å². The Kier molecular flexibility index (Phi) is 4.85. The Balaban J connectivity index is 2.23. The highest BCUT2D eigenvalue weighted by Gasteiger charge is 2.09. The zero-order valence-electron chi connectivity index (χ0n) is 12.4. The second-order valence-electron chi connectivity index (χ2n) is 4.84. The fourth-order valence-corrected chi connectivity index (χ4v) is 2.99. The number of anilines is 1. The van der Waals surface area contributed by atoms with Crippen molar-refractivity contribution in [2.75, 3.05) is 12.3 Å². The van der Waals surface area contributed by atoms with Gasteiger partial charge in [0.05, 0.1) is 0 Å². The van der Waals surface area contributed by atoms with E-state index < -0.39 is 0 Å². The van der Waals surface area contributed by atoms with Crippen LogP contribution in [-0.4, -0.2) is 17.4 Å². The third-order valence-electron chi connectivity index (χ3n) is 2.90. The quantitative estimate of drug-likeness (QED) is 0.851. The largest absolute Gasteiger partial charge is 0.398 e. The summed E-state index contributed by atoms with van der Waals surface area (Å²) in [5.74, 6) is -0.106. The monoisotopic (exact) mass is 301 g/mol. The molecule has 0 saturated heterocycles. The lowest BCUT2D eigenvalue weighted by Crippen LogP contribution is -2.22. The van der Waals surface area contributed by atoms with Crippen molar-refractivity contribution in [1.29, 1.82) is 0 Å². The average molecular weight is 301 g/mol. The van der Waals surface area contributed by atoms with Crippen LogP contribution < -0.4 is 11.1 Å². The van der Waals surface area contributed by atoms with Crippen LogP contribution in [-0.2, 0) is 0 Å². The highest BCUT2D eigenvalue weighted by atomic mass is 32.2. The summed E-state index contributed by atoms with van der Waals surface area (Å²) < 4.78 is 0. The number of nitrogens with one attached hydrogen (secondary N) is 1. The van der Waals surface area contributed by atoms with Crippen LogP contribution in [0.5, 0.6) is 0 Å². The molecule has 0 aliphatic rings. The molecule has 0 aliphatic heterocycles. The molecule has 2 aromatic rings. The Bertz CT molecular complexity index is 650. The number of aryl methyl sites for hydroxylation is 2. The molecule has 2 rings (SSSR count). The number of rotatable bonds is 4. The Morgan fingerprint density at radius 3 is 2.67 bits per heavy atom. The number of nitrogen functional groups attached to an aromatic ring is 1. The molecule has 0 radical (unpaired) electrons. The Morgan fingerprint density at radius 2 is 2.05 bits per heavy atom. The number of benzene rings is 1. The zero-order valence-corrected chi connectivity index (χ0v) is 13.3. The van der Waals surface area contributed by atoms with Crippen molar-refractivity contribution in [3.8, 4) is 0 Å². The summed E-state index contributed by atoms with van der Waals surface area (Å²) in [5, 5.41) is 3.67. The minimum atomic E-state index is -0.106. The number of amides is 1. The topological polar surface area (TPSA) is 68.0 Å². The maximum Gasteiger partial charge on any atom is 0.251 e. The van der Waals surface area contributed by atoms with Crippen LogP contribution >= 0.6 is 11.8 Å². The minimum Gasteiger partial charge on any atom is -0.398 e. The predicted octanol–water partition coefficient (Wildman–Crippen LogP) is 3.18. The standard InChI is InChI=1S/C16H19N3OS/c1-4-18-16(20)12-5-6-14(13(17)9-12)21-15-8-10(2)7-11(3)19-15/h5-9H,4,17H2,1-3H3,(H,18,20). The summed E-state index contributed by atoms with van der Waals surface area (Å²) in [4.78, 5) is 17.2. The summed E-state index contributed by atoms with van der Waals surface area (Å²) >= 11 is 1.51. The maximum atomic E-state index is 11.8. The van der Waals surface area contributed by atoms with Crippen molar-refractivity contribution in [2.45, 2.75) is 30.7 Å². The molecule has 5 heteroatoms. The smallest absolute Gasteiger partial charge is 0.251 e. The van der Waals surface area contributed by atoms with E-state index in [0.717, 1.165) is 15.6 Å². The molecular formula is C16H19N3OS. The molecule has 1 heterocycles. The molecule has 1 amide bonds. The summed E-state index contributed by atoms with van der Waals surface area (Å²) in [6, 6.07) is 9.41. The van der Waals surface area contributed by atoms with Crippen LogP contribution in [0.15, 0.2) is 40.3 Å². The number of nitrogens with two attached hydrogens (primary N) is 1.